The molecule has 0 radical (unpaired) electrons. The fraction of sp³-hybridized carbons (Fsp3) is 0.400. The van der Waals surface area contributed by atoms with Crippen LogP contribution in [0.5, 0.6) is 0 Å². The SMILES string of the molecule is Cc1ccc(NC(=O)c2ccc(CN3CCC(CO)CC3)cc2)cn1. The minimum Gasteiger partial charge on any atom is -0.396 e. The highest BCUT2D eigenvalue weighted by molar-refractivity contribution is 6.04. The molecule has 0 atom stereocenters. The number of aryl methyl sites for hydroxylation is 1. The van der Waals surface area contributed by atoms with Crippen molar-refractivity contribution in [3.05, 3.63) is 59.4 Å². The summed E-state index contributed by atoms with van der Waals surface area (Å²) in [6, 6.07) is 11.5. The van der Waals surface area contributed by atoms with Gasteiger partial charge in [-0.2, -0.15) is 0 Å². The van der Waals surface area contributed by atoms with Crippen molar-refractivity contribution < 1.29 is 9.90 Å². The third kappa shape index (κ3) is 4.87. The maximum atomic E-state index is 12.3. The molecule has 0 bridgehead atoms. The number of piperidine rings is 1. The van der Waals surface area contributed by atoms with E-state index in [2.05, 4.69) is 15.2 Å². The largest absolute Gasteiger partial charge is 0.396 e. The summed E-state index contributed by atoms with van der Waals surface area (Å²) in [6.45, 7) is 5.15. The Balaban J connectivity index is 1.54. The standard InChI is InChI=1S/C20H25N3O2/c1-15-2-7-19(12-21-15)22-20(25)18-5-3-16(4-6-18)13-23-10-8-17(14-24)9-11-23/h2-7,12,17,24H,8-11,13-14H2,1H3,(H,22,25). The number of carbonyl (C=O) groups excluding carboxylic acids is 1. The molecule has 1 aromatic carbocycles. The molecule has 132 valence electrons. The van der Waals surface area contributed by atoms with Gasteiger partial charge in [-0.25, -0.2) is 0 Å². The highest BCUT2D eigenvalue weighted by Gasteiger charge is 2.18. The molecule has 0 unspecified atom stereocenters. The molecule has 1 aromatic heterocycles. The van der Waals surface area contributed by atoms with Gasteiger partial charge in [-0.3, -0.25) is 14.7 Å². The van der Waals surface area contributed by atoms with Crippen molar-refractivity contribution in [1.29, 1.82) is 0 Å². The molecular weight excluding hydrogens is 314 g/mol. The van der Waals surface area contributed by atoms with Gasteiger partial charge in [0.1, 0.15) is 0 Å². The van der Waals surface area contributed by atoms with Crippen molar-refractivity contribution in [2.75, 3.05) is 25.0 Å². The van der Waals surface area contributed by atoms with E-state index in [0.29, 0.717) is 23.8 Å². The number of aliphatic hydroxyl groups is 1. The number of nitrogens with zero attached hydrogens (tertiary/aromatic N) is 2. The average molecular weight is 339 g/mol. The zero-order chi connectivity index (χ0) is 17.6. The van der Waals surface area contributed by atoms with Gasteiger partial charge < -0.3 is 10.4 Å². The summed E-state index contributed by atoms with van der Waals surface area (Å²) in [5, 5.41) is 12.1. The average Bonchev–Trinajstić information content (AvgIpc) is 2.65. The first-order valence-corrected chi connectivity index (χ1v) is 8.80. The van der Waals surface area contributed by atoms with E-state index in [9.17, 15) is 9.90 Å². The van der Waals surface area contributed by atoms with Gasteiger partial charge in [0.2, 0.25) is 0 Å². The molecular formula is C20H25N3O2. The van der Waals surface area contributed by atoms with Gasteiger partial charge in [0.15, 0.2) is 0 Å². The summed E-state index contributed by atoms with van der Waals surface area (Å²) in [7, 11) is 0. The second-order valence-corrected chi connectivity index (χ2v) is 6.74. The van der Waals surface area contributed by atoms with E-state index in [1.54, 1.807) is 6.20 Å². The van der Waals surface area contributed by atoms with Gasteiger partial charge in [-0.1, -0.05) is 12.1 Å². The van der Waals surface area contributed by atoms with Crippen LogP contribution in [0.4, 0.5) is 5.69 Å². The zero-order valence-electron chi connectivity index (χ0n) is 14.6. The number of aromatic nitrogens is 1. The predicted molar refractivity (Wildman–Crippen MR) is 98.5 cm³/mol. The molecule has 2 N–H and O–H groups in total. The first-order valence-electron chi connectivity index (χ1n) is 8.80. The minimum atomic E-state index is -0.124. The molecule has 1 aliphatic rings. The molecule has 2 aromatic rings. The Morgan fingerprint density at radius 2 is 1.92 bits per heavy atom. The third-order valence-electron chi connectivity index (χ3n) is 4.76. The summed E-state index contributed by atoms with van der Waals surface area (Å²) >= 11 is 0. The smallest absolute Gasteiger partial charge is 0.255 e. The quantitative estimate of drug-likeness (QED) is 0.879. The second-order valence-electron chi connectivity index (χ2n) is 6.74. The van der Waals surface area contributed by atoms with Crippen LogP contribution in [-0.2, 0) is 6.54 Å². The molecule has 3 rings (SSSR count). The molecule has 1 amide bonds. The molecule has 2 heterocycles. The fourth-order valence-electron chi connectivity index (χ4n) is 3.09. The topological polar surface area (TPSA) is 65.5 Å². The summed E-state index contributed by atoms with van der Waals surface area (Å²) in [5.41, 5.74) is 3.47. The van der Waals surface area contributed by atoms with E-state index >= 15 is 0 Å². The van der Waals surface area contributed by atoms with Crippen LogP contribution >= 0.6 is 0 Å². The minimum absolute atomic E-state index is 0.124. The van der Waals surface area contributed by atoms with E-state index in [1.807, 2.05) is 43.3 Å². The number of rotatable bonds is 5. The maximum Gasteiger partial charge on any atom is 0.255 e. The summed E-state index contributed by atoms with van der Waals surface area (Å²) in [5.74, 6) is 0.333. The van der Waals surface area contributed by atoms with Crippen LogP contribution in [0.1, 0.15) is 34.5 Å². The highest BCUT2D eigenvalue weighted by atomic mass is 16.3. The lowest BCUT2D eigenvalue weighted by Gasteiger charge is -2.31. The number of hydrogen-bond donors (Lipinski definition) is 2. The molecule has 1 saturated heterocycles. The number of aliphatic hydroxyl groups excluding tert-OH is 1. The Kier molecular flexibility index (Phi) is 5.79. The number of carbonyl (C=O) groups is 1. The van der Waals surface area contributed by atoms with Crippen molar-refractivity contribution >= 4 is 11.6 Å². The van der Waals surface area contributed by atoms with Gasteiger partial charge in [0.05, 0.1) is 11.9 Å². The van der Waals surface area contributed by atoms with Gasteiger partial charge in [-0.05, 0) is 68.6 Å². The second kappa shape index (κ2) is 8.23. The van der Waals surface area contributed by atoms with E-state index < -0.39 is 0 Å². The van der Waals surface area contributed by atoms with Crippen LogP contribution in [0.25, 0.3) is 0 Å². The van der Waals surface area contributed by atoms with E-state index in [0.717, 1.165) is 38.2 Å². The van der Waals surface area contributed by atoms with E-state index in [4.69, 9.17) is 0 Å². The lowest BCUT2D eigenvalue weighted by molar-refractivity contribution is 0.102. The number of nitrogens with one attached hydrogen (secondary N) is 1. The number of likely N-dealkylation sites (tertiary alicyclic amines) is 1. The van der Waals surface area contributed by atoms with Crippen molar-refractivity contribution in [3.63, 3.8) is 0 Å². The first-order chi connectivity index (χ1) is 12.1. The van der Waals surface area contributed by atoms with E-state index in [1.165, 1.54) is 5.56 Å². The van der Waals surface area contributed by atoms with Crippen LogP contribution in [0, 0.1) is 12.8 Å². The lowest BCUT2D eigenvalue weighted by atomic mass is 9.97. The van der Waals surface area contributed by atoms with Crippen molar-refractivity contribution in [2.24, 2.45) is 5.92 Å². The Morgan fingerprint density at radius 1 is 1.20 bits per heavy atom. The Labute approximate surface area is 148 Å². The van der Waals surface area contributed by atoms with Crippen LogP contribution in [0.2, 0.25) is 0 Å². The molecule has 0 aliphatic carbocycles. The molecule has 1 fully saturated rings. The summed E-state index contributed by atoms with van der Waals surface area (Å²) in [4.78, 5) is 18.9. The molecule has 0 spiro atoms. The van der Waals surface area contributed by atoms with Crippen molar-refractivity contribution in [2.45, 2.75) is 26.3 Å². The number of anilines is 1. The third-order valence-corrected chi connectivity index (χ3v) is 4.76. The Morgan fingerprint density at radius 3 is 2.52 bits per heavy atom. The fourth-order valence-corrected chi connectivity index (χ4v) is 3.09. The van der Waals surface area contributed by atoms with Gasteiger partial charge in [0, 0.05) is 24.4 Å². The molecule has 1 aliphatic heterocycles. The van der Waals surface area contributed by atoms with Crippen LogP contribution in [0.3, 0.4) is 0 Å². The Hall–Kier alpha value is -2.24. The van der Waals surface area contributed by atoms with Gasteiger partial charge in [0.25, 0.3) is 5.91 Å². The van der Waals surface area contributed by atoms with Gasteiger partial charge >= 0.3 is 0 Å². The van der Waals surface area contributed by atoms with Crippen LogP contribution in [-0.4, -0.2) is 40.6 Å². The number of pyridine rings is 1. The molecule has 0 saturated carbocycles. The predicted octanol–water partition coefficient (Wildman–Crippen LogP) is 2.85. The molecule has 5 heteroatoms. The number of hydrogen-bond acceptors (Lipinski definition) is 4. The monoisotopic (exact) mass is 339 g/mol. The van der Waals surface area contributed by atoms with E-state index in [-0.39, 0.29) is 5.91 Å². The number of amides is 1. The van der Waals surface area contributed by atoms with Gasteiger partial charge in [-0.15, -0.1) is 0 Å². The summed E-state index contributed by atoms with van der Waals surface area (Å²) in [6.07, 6.45) is 3.78. The maximum absolute atomic E-state index is 12.3. The normalized spacial score (nSPS) is 15.9. The van der Waals surface area contributed by atoms with Crippen molar-refractivity contribution in [3.8, 4) is 0 Å². The highest BCUT2D eigenvalue weighted by Crippen LogP contribution is 2.19. The lowest BCUT2D eigenvalue weighted by Crippen LogP contribution is -2.34. The van der Waals surface area contributed by atoms with Crippen LogP contribution < -0.4 is 5.32 Å². The molecule has 5 nitrogen and oxygen atoms in total. The first kappa shape index (κ1) is 17.6. The Bertz CT molecular complexity index is 690. The zero-order valence-corrected chi connectivity index (χ0v) is 14.6. The summed E-state index contributed by atoms with van der Waals surface area (Å²) < 4.78 is 0. The van der Waals surface area contributed by atoms with Crippen molar-refractivity contribution in [1.82, 2.24) is 9.88 Å². The van der Waals surface area contributed by atoms with Crippen LogP contribution in [0.15, 0.2) is 42.6 Å². The molecule has 25 heavy (non-hydrogen) atoms. The number of benzene rings is 1.